The van der Waals surface area contributed by atoms with Gasteiger partial charge in [-0.05, 0) is 19.1 Å². The van der Waals surface area contributed by atoms with Crippen molar-refractivity contribution in [2.75, 3.05) is 0 Å². The molecule has 0 N–H and O–H groups in total. The van der Waals surface area contributed by atoms with Gasteiger partial charge < -0.3 is 0 Å². The minimum atomic E-state index is 0.368. The molecular weight excluding hydrogens is 226 g/mol. The fourth-order valence-corrected chi connectivity index (χ4v) is 2.02. The Morgan fingerprint density at radius 1 is 1.28 bits per heavy atom. The van der Waals surface area contributed by atoms with Crippen molar-refractivity contribution in [3.8, 4) is 11.4 Å². The van der Waals surface area contributed by atoms with E-state index in [9.17, 15) is 4.79 Å². The van der Waals surface area contributed by atoms with Crippen LogP contribution in [0.25, 0.3) is 17.0 Å². The normalized spacial score (nSPS) is 10.7. The Kier molecular flexibility index (Phi) is 2.41. The van der Waals surface area contributed by atoms with E-state index >= 15 is 0 Å². The molecule has 4 heteroatoms. The zero-order chi connectivity index (χ0) is 12.5. The molecule has 0 bridgehead atoms. The second kappa shape index (κ2) is 4.07. The third-order valence-electron chi connectivity index (χ3n) is 2.82. The number of aldehydes is 1. The van der Waals surface area contributed by atoms with Crippen molar-refractivity contribution in [2.45, 2.75) is 6.92 Å². The second-order valence-electron chi connectivity index (χ2n) is 4.12. The van der Waals surface area contributed by atoms with Gasteiger partial charge in [0, 0.05) is 18.0 Å². The summed E-state index contributed by atoms with van der Waals surface area (Å²) in [7, 11) is 0. The van der Waals surface area contributed by atoms with Gasteiger partial charge in [-0.25, -0.2) is 9.97 Å². The quantitative estimate of drug-likeness (QED) is 0.643. The fraction of sp³-hybridized carbons (Fsp3) is 0.0714. The predicted octanol–water partition coefficient (Wildman–Crippen LogP) is 2.52. The van der Waals surface area contributed by atoms with Crippen LogP contribution in [0.4, 0.5) is 0 Å². The van der Waals surface area contributed by atoms with Crippen LogP contribution in [-0.4, -0.2) is 20.7 Å². The van der Waals surface area contributed by atoms with E-state index in [1.54, 1.807) is 6.20 Å². The number of imidazole rings is 1. The molecule has 0 saturated heterocycles. The zero-order valence-electron chi connectivity index (χ0n) is 9.87. The molecule has 4 nitrogen and oxygen atoms in total. The van der Waals surface area contributed by atoms with Crippen molar-refractivity contribution in [3.63, 3.8) is 0 Å². The molecule has 0 spiro atoms. The molecule has 3 rings (SSSR count). The second-order valence-corrected chi connectivity index (χ2v) is 4.12. The van der Waals surface area contributed by atoms with Gasteiger partial charge in [0.25, 0.3) is 0 Å². The summed E-state index contributed by atoms with van der Waals surface area (Å²) in [6.45, 7) is 2.03. The van der Waals surface area contributed by atoms with E-state index in [1.807, 2.05) is 47.9 Å². The van der Waals surface area contributed by atoms with Crippen LogP contribution in [0.2, 0.25) is 0 Å². The van der Waals surface area contributed by atoms with Gasteiger partial charge in [0.1, 0.15) is 11.5 Å². The van der Waals surface area contributed by atoms with E-state index in [0.717, 1.165) is 23.2 Å². The Balaban J connectivity index is 2.33. The molecule has 88 valence electrons. The number of aromatic nitrogens is 3. The monoisotopic (exact) mass is 237 g/mol. The molecule has 0 aliphatic carbocycles. The number of nitrogens with zero attached hydrogens (tertiary/aromatic N) is 3. The molecule has 2 heterocycles. The minimum absolute atomic E-state index is 0.368. The first kappa shape index (κ1) is 10.7. The minimum Gasteiger partial charge on any atom is -0.296 e. The first-order valence-corrected chi connectivity index (χ1v) is 5.65. The van der Waals surface area contributed by atoms with E-state index in [4.69, 9.17) is 0 Å². The predicted molar refractivity (Wildman–Crippen MR) is 68.5 cm³/mol. The highest BCUT2D eigenvalue weighted by atomic mass is 16.1. The number of hydrogen-bond donors (Lipinski definition) is 0. The smallest absolute Gasteiger partial charge is 0.172 e. The average molecular weight is 237 g/mol. The Morgan fingerprint density at radius 3 is 2.94 bits per heavy atom. The summed E-state index contributed by atoms with van der Waals surface area (Å²) < 4.78 is 1.83. The molecule has 0 aliphatic rings. The van der Waals surface area contributed by atoms with Crippen molar-refractivity contribution < 1.29 is 4.79 Å². The number of fused-ring (bicyclic) bond motifs is 1. The maximum absolute atomic E-state index is 11.0. The van der Waals surface area contributed by atoms with Gasteiger partial charge >= 0.3 is 0 Å². The Morgan fingerprint density at radius 2 is 2.17 bits per heavy atom. The summed E-state index contributed by atoms with van der Waals surface area (Å²) in [5.74, 6) is 0.740. The summed E-state index contributed by atoms with van der Waals surface area (Å²) in [4.78, 5) is 19.6. The molecule has 0 unspecified atom stereocenters. The van der Waals surface area contributed by atoms with Crippen LogP contribution >= 0.6 is 0 Å². The molecule has 0 amide bonds. The Bertz CT molecular complexity index is 731. The number of aryl methyl sites for hydroxylation is 1. The van der Waals surface area contributed by atoms with E-state index in [-0.39, 0.29) is 0 Å². The van der Waals surface area contributed by atoms with E-state index < -0.39 is 0 Å². The number of hydrogen-bond acceptors (Lipinski definition) is 3. The van der Waals surface area contributed by atoms with Crippen LogP contribution in [0, 0.1) is 6.92 Å². The van der Waals surface area contributed by atoms with E-state index in [2.05, 4.69) is 9.97 Å². The molecule has 2 aromatic heterocycles. The van der Waals surface area contributed by atoms with E-state index in [1.165, 1.54) is 0 Å². The van der Waals surface area contributed by atoms with Crippen LogP contribution in [0.1, 0.15) is 16.1 Å². The molecule has 0 saturated carbocycles. The summed E-state index contributed by atoms with van der Waals surface area (Å²) in [6, 6.07) is 9.84. The highest BCUT2D eigenvalue weighted by Crippen LogP contribution is 2.21. The third-order valence-corrected chi connectivity index (χ3v) is 2.82. The van der Waals surface area contributed by atoms with Crippen molar-refractivity contribution >= 4 is 11.9 Å². The molecule has 0 fully saturated rings. The largest absolute Gasteiger partial charge is 0.296 e. The van der Waals surface area contributed by atoms with Gasteiger partial charge in [-0.1, -0.05) is 23.8 Å². The van der Waals surface area contributed by atoms with Crippen LogP contribution in [0.3, 0.4) is 0 Å². The SMILES string of the molecule is Cc1cccc(-c2nc(C=O)c3ncccn23)c1. The summed E-state index contributed by atoms with van der Waals surface area (Å²) in [5, 5.41) is 0. The molecule has 0 radical (unpaired) electrons. The zero-order valence-corrected chi connectivity index (χ0v) is 9.87. The average Bonchev–Trinajstić information content (AvgIpc) is 2.77. The Hall–Kier alpha value is -2.49. The lowest BCUT2D eigenvalue weighted by atomic mass is 10.1. The van der Waals surface area contributed by atoms with Gasteiger partial charge in [-0.2, -0.15) is 0 Å². The number of benzene rings is 1. The van der Waals surface area contributed by atoms with Crippen LogP contribution in [-0.2, 0) is 0 Å². The molecule has 0 atom stereocenters. The molecule has 1 aromatic carbocycles. The number of carbonyl (C=O) groups excluding carboxylic acids is 1. The molecule has 0 aliphatic heterocycles. The first-order chi connectivity index (χ1) is 8.79. The molecule has 18 heavy (non-hydrogen) atoms. The number of rotatable bonds is 2. The van der Waals surface area contributed by atoms with Crippen LogP contribution in [0.15, 0.2) is 42.7 Å². The van der Waals surface area contributed by atoms with Gasteiger partial charge in [-0.15, -0.1) is 0 Å². The topological polar surface area (TPSA) is 47.3 Å². The van der Waals surface area contributed by atoms with E-state index in [0.29, 0.717) is 11.3 Å². The van der Waals surface area contributed by atoms with Crippen molar-refractivity contribution in [1.82, 2.24) is 14.4 Å². The third kappa shape index (κ3) is 1.59. The van der Waals surface area contributed by atoms with Gasteiger partial charge in [0.2, 0.25) is 0 Å². The standard InChI is InChI=1S/C14H11N3O/c1-10-4-2-5-11(8-10)13-16-12(9-18)14-15-6-3-7-17(13)14/h2-9H,1H3. The summed E-state index contributed by atoms with van der Waals surface area (Å²) in [5.41, 5.74) is 3.09. The lowest BCUT2D eigenvalue weighted by Crippen LogP contribution is -1.90. The van der Waals surface area contributed by atoms with Gasteiger partial charge in [0.15, 0.2) is 11.9 Å². The maximum atomic E-state index is 11.0. The van der Waals surface area contributed by atoms with Crippen molar-refractivity contribution in [2.24, 2.45) is 0 Å². The van der Waals surface area contributed by atoms with Crippen molar-refractivity contribution in [1.29, 1.82) is 0 Å². The highest BCUT2D eigenvalue weighted by Gasteiger charge is 2.12. The van der Waals surface area contributed by atoms with Crippen LogP contribution in [0.5, 0.6) is 0 Å². The highest BCUT2D eigenvalue weighted by molar-refractivity contribution is 5.84. The lowest BCUT2D eigenvalue weighted by Gasteiger charge is -2.01. The Labute approximate surface area is 104 Å². The van der Waals surface area contributed by atoms with Crippen LogP contribution < -0.4 is 0 Å². The first-order valence-electron chi connectivity index (χ1n) is 5.65. The lowest BCUT2D eigenvalue weighted by molar-refractivity contribution is 0.112. The molecule has 3 aromatic rings. The van der Waals surface area contributed by atoms with Gasteiger partial charge in [-0.3, -0.25) is 9.20 Å². The molecular formula is C14H11N3O. The van der Waals surface area contributed by atoms with Gasteiger partial charge in [0.05, 0.1) is 0 Å². The maximum Gasteiger partial charge on any atom is 0.172 e. The number of carbonyl (C=O) groups is 1. The fourth-order valence-electron chi connectivity index (χ4n) is 2.02. The summed E-state index contributed by atoms with van der Waals surface area (Å²) >= 11 is 0. The van der Waals surface area contributed by atoms with Crippen molar-refractivity contribution in [3.05, 3.63) is 54.0 Å². The summed E-state index contributed by atoms with van der Waals surface area (Å²) in [6.07, 6.45) is 4.26.